The van der Waals surface area contributed by atoms with Crippen LogP contribution in [0.25, 0.3) is 0 Å². The van der Waals surface area contributed by atoms with Crippen LogP contribution in [0.1, 0.15) is 6.92 Å². The molecule has 0 spiro atoms. The van der Waals surface area contributed by atoms with Gasteiger partial charge in [0, 0.05) is 4.91 Å². The van der Waals surface area contributed by atoms with E-state index in [4.69, 9.17) is 16.3 Å². The molecule has 0 saturated carbocycles. The molecule has 0 aliphatic carbocycles. The average molecular weight is 297 g/mol. The molecule has 1 amide bonds. The van der Waals surface area contributed by atoms with Gasteiger partial charge in [0.15, 0.2) is 5.17 Å². The highest BCUT2D eigenvalue weighted by molar-refractivity contribution is 8.18. The molecular weight excluding hydrogens is 284 g/mol. The summed E-state index contributed by atoms with van der Waals surface area (Å²) in [5.74, 6) is 0. The molecule has 2 rings (SSSR count). The zero-order chi connectivity index (χ0) is 13.8. The summed E-state index contributed by atoms with van der Waals surface area (Å²) in [7, 11) is 0. The van der Waals surface area contributed by atoms with Crippen LogP contribution in [0, 0.1) is 0 Å². The van der Waals surface area contributed by atoms with Gasteiger partial charge in [0.25, 0.3) is 0 Å². The minimum Gasteiger partial charge on any atom is -0.448 e. The second-order valence-electron chi connectivity index (χ2n) is 3.77. The molecular formula is C13H13ClN2O2S. The molecule has 0 radical (unpaired) electrons. The first-order valence-electron chi connectivity index (χ1n) is 5.75. The van der Waals surface area contributed by atoms with Gasteiger partial charge in [-0.3, -0.25) is 0 Å². The van der Waals surface area contributed by atoms with E-state index >= 15 is 0 Å². The lowest BCUT2D eigenvalue weighted by Crippen LogP contribution is -2.24. The second kappa shape index (κ2) is 6.12. The summed E-state index contributed by atoms with van der Waals surface area (Å²) in [4.78, 5) is 18.2. The van der Waals surface area contributed by atoms with Gasteiger partial charge in [-0.25, -0.2) is 4.79 Å². The molecule has 1 saturated heterocycles. The zero-order valence-corrected chi connectivity index (χ0v) is 12.0. The van der Waals surface area contributed by atoms with Gasteiger partial charge in [0.05, 0.1) is 23.9 Å². The summed E-state index contributed by atoms with van der Waals surface area (Å²) < 4.78 is 4.82. The molecule has 0 bridgehead atoms. The van der Waals surface area contributed by atoms with Crippen molar-refractivity contribution in [3.05, 3.63) is 40.8 Å². The molecule has 19 heavy (non-hydrogen) atoms. The van der Waals surface area contributed by atoms with Crippen LogP contribution in [0.3, 0.4) is 0 Å². The summed E-state index contributed by atoms with van der Waals surface area (Å²) in [6.07, 6.45) is -0.600. The average Bonchev–Trinajstić information content (AvgIpc) is 2.71. The van der Waals surface area contributed by atoms with Gasteiger partial charge < -0.3 is 9.64 Å². The van der Waals surface area contributed by atoms with E-state index in [1.807, 2.05) is 23.1 Å². The first kappa shape index (κ1) is 14.0. The number of amides is 1. The van der Waals surface area contributed by atoms with Crippen molar-refractivity contribution in [3.8, 4) is 0 Å². The minimum atomic E-state index is -0.600. The van der Waals surface area contributed by atoms with Crippen LogP contribution in [-0.4, -0.2) is 24.4 Å². The van der Waals surface area contributed by atoms with E-state index in [1.54, 1.807) is 13.0 Å². The Morgan fingerprint density at radius 3 is 3.00 bits per heavy atom. The topological polar surface area (TPSA) is 41.9 Å². The van der Waals surface area contributed by atoms with Crippen LogP contribution < -0.4 is 4.90 Å². The Labute approximate surface area is 121 Å². The quantitative estimate of drug-likeness (QED) is 0.829. The fourth-order valence-corrected chi connectivity index (χ4v) is 2.72. The van der Waals surface area contributed by atoms with Crippen LogP contribution in [0.2, 0.25) is 5.02 Å². The van der Waals surface area contributed by atoms with E-state index in [1.165, 1.54) is 11.8 Å². The lowest BCUT2D eigenvalue weighted by Gasteiger charge is -2.18. The zero-order valence-electron chi connectivity index (χ0n) is 10.4. The molecule has 0 unspecified atom stereocenters. The third-order valence-corrected chi connectivity index (χ3v) is 3.63. The number of halogens is 1. The fraction of sp³-hybridized carbons (Fsp3) is 0.231. The SMILES string of the molecule is C=C1CN(c2ccccc2Cl)/C(=N/C(=O)OCC)S1. The highest BCUT2D eigenvalue weighted by atomic mass is 35.5. The van der Waals surface area contributed by atoms with Gasteiger partial charge in [-0.15, -0.1) is 0 Å². The highest BCUT2D eigenvalue weighted by Crippen LogP contribution is 2.35. The Balaban J connectivity index is 2.30. The van der Waals surface area contributed by atoms with Crippen LogP contribution >= 0.6 is 23.4 Å². The number of thioether (sulfide) groups is 1. The largest absolute Gasteiger partial charge is 0.448 e. The summed E-state index contributed by atoms with van der Waals surface area (Å²) in [6.45, 7) is 6.52. The smallest absolute Gasteiger partial charge is 0.436 e. The molecule has 0 aromatic heterocycles. The van der Waals surface area contributed by atoms with Crippen LogP contribution in [0.15, 0.2) is 40.7 Å². The van der Waals surface area contributed by atoms with Crippen molar-refractivity contribution in [2.24, 2.45) is 4.99 Å². The Hall–Kier alpha value is -1.46. The predicted octanol–water partition coefficient (Wildman–Crippen LogP) is 3.92. The molecule has 0 atom stereocenters. The Morgan fingerprint density at radius 1 is 1.58 bits per heavy atom. The maximum atomic E-state index is 11.5. The predicted molar refractivity (Wildman–Crippen MR) is 80.0 cm³/mol. The van der Waals surface area contributed by atoms with Gasteiger partial charge >= 0.3 is 6.09 Å². The number of anilines is 1. The van der Waals surface area contributed by atoms with E-state index in [-0.39, 0.29) is 0 Å². The van der Waals surface area contributed by atoms with Gasteiger partial charge in [-0.05, 0) is 19.1 Å². The van der Waals surface area contributed by atoms with Crippen molar-refractivity contribution in [1.29, 1.82) is 0 Å². The Bertz CT molecular complexity index is 545. The molecule has 6 heteroatoms. The number of para-hydroxylation sites is 1. The maximum absolute atomic E-state index is 11.5. The molecule has 4 nitrogen and oxygen atoms in total. The second-order valence-corrected chi connectivity index (χ2v) is 5.33. The normalized spacial score (nSPS) is 17.1. The van der Waals surface area contributed by atoms with Gasteiger partial charge in [-0.1, -0.05) is 42.1 Å². The first-order valence-corrected chi connectivity index (χ1v) is 6.94. The highest BCUT2D eigenvalue weighted by Gasteiger charge is 2.26. The number of ether oxygens (including phenoxy) is 1. The van der Waals surface area contributed by atoms with Crippen LogP contribution in [0.4, 0.5) is 10.5 Å². The van der Waals surface area contributed by atoms with E-state index in [0.717, 1.165) is 10.6 Å². The number of hydrogen-bond donors (Lipinski definition) is 0. The van der Waals surface area contributed by atoms with E-state index in [2.05, 4.69) is 11.6 Å². The Kier molecular flexibility index (Phi) is 4.50. The summed E-state index contributed by atoms with van der Waals surface area (Å²) in [5.41, 5.74) is 0.804. The number of nitrogens with zero attached hydrogens (tertiary/aromatic N) is 2. The maximum Gasteiger partial charge on any atom is 0.436 e. The molecule has 1 fully saturated rings. The van der Waals surface area contributed by atoms with E-state index in [9.17, 15) is 4.79 Å². The standard InChI is InChI=1S/C13H13ClN2O2S/c1-3-18-13(17)15-12-16(8-9(2)19-12)11-7-5-4-6-10(11)14/h4-7H,2-3,8H2,1H3/b15-12-. The third-order valence-electron chi connectivity index (χ3n) is 2.40. The van der Waals surface area contributed by atoms with Crippen molar-refractivity contribution in [2.75, 3.05) is 18.1 Å². The molecule has 1 aliphatic rings. The fourth-order valence-electron chi connectivity index (χ4n) is 1.64. The van der Waals surface area contributed by atoms with Crippen LogP contribution in [-0.2, 0) is 4.74 Å². The summed E-state index contributed by atoms with van der Waals surface area (Å²) in [6, 6.07) is 7.41. The van der Waals surface area contributed by atoms with Crippen molar-refractivity contribution in [1.82, 2.24) is 0 Å². The first-order chi connectivity index (χ1) is 9.11. The number of aliphatic imine (C=N–C) groups is 1. The minimum absolute atomic E-state index is 0.299. The summed E-state index contributed by atoms with van der Waals surface area (Å²) in [5, 5.41) is 1.14. The number of rotatable bonds is 2. The number of amidine groups is 1. The van der Waals surface area contributed by atoms with Crippen LogP contribution in [0.5, 0.6) is 0 Å². The summed E-state index contributed by atoms with van der Waals surface area (Å²) >= 11 is 7.52. The lowest BCUT2D eigenvalue weighted by atomic mass is 10.3. The third kappa shape index (κ3) is 3.30. The van der Waals surface area contributed by atoms with Gasteiger partial charge in [-0.2, -0.15) is 4.99 Å². The van der Waals surface area contributed by atoms with Gasteiger partial charge in [0.1, 0.15) is 0 Å². The number of benzene rings is 1. The molecule has 0 N–H and O–H groups in total. The van der Waals surface area contributed by atoms with Crippen molar-refractivity contribution >= 4 is 40.3 Å². The molecule has 100 valence electrons. The van der Waals surface area contributed by atoms with Crippen molar-refractivity contribution < 1.29 is 9.53 Å². The number of carbonyl (C=O) groups is 1. The van der Waals surface area contributed by atoms with E-state index < -0.39 is 6.09 Å². The van der Waals surface area contributed by atoms with E-state index in [0.29, 0.717) is 23.3 Å². The molecule has 1 aliphatic heterocycles. The van der Waals surface area contributed by atoms with Crippen molar-refractivity contribution in [2.45, 2.75) is 6.92 Å². The molecule has 1 heterocycles. The Morgan fingerprint density at radius 2 is 2.32 bits per heavy atom. The molecule has 1 aromatic carbocycles. The lowest BCUT2D eigenvalue weighted by molar-refractivity contribution is 0.163. The number of carbonyl (C=O) groups excluding carboxylic acids is 1. The number of hydrogen-bond acceptors (Lipinski definition) is 3. The molecule has 1 aromatic rings. The van der Waals surface area contributed by atoms with Gasteiger partial charge in [0.2, 0.25) is 0 Å². The van der Waals surface area contributed by atoms with Crippen molar-refractivity contribution in [3.63, 3.8) is 0 Å². The monoisotopic (exact) mass is 296 g/mol.